The van der Waals surface area contributed by atoms with Crippen molar-refractivity contribution < 1.29 is 28.5 Å². The third-order valence-corrected chi connectivity index (χ3v) is 4.43. The van der Waals surface area contributed by atoms with Gasteiger partial charge in [0.05, 0.1) is 23.3 Å². The van der Waals surface area contributed by atoms with Crippen LogP contribution in [0.3, 0.4) is 0 Å². The van der Waals surface area contributed by atoms with E-state index in [9.17, 15) is 13.2 Å². The van der Waals surface area contributed by atoms with Crippen LogP contribution in [0.4, 0.5) is 0 Å². The second-order valence-electron chi connectivity index (χ2n) is 3.76. The quantitative estimate of drug-likeness (QED) is 0.589. The summed E-state index contributed by atoms with van der Waals surface area (Å²) in [5.74, 6) is -1.43. The molecule has 0 fully saturated rings. The minimum Gasteiger partial charge on any atom is -0.478 e. The van der Waals surface area contributed by atoms with Crippen LogP contribution < -0.4 is 4.72 Å². The van der Waals surface area contributed by atoms with E-state index in [1.54, 1.807) is 0 Å². The van der Waals surface area contributed by atoms with E-state index >= 15 is 0 Å². The molecule has 1 aromatic rings. The van der Waals surface area contributed by atoms with Gasteiger partial charge in [0.25, 0.3) is 0 Å². The van der Waals surface area contributed by atoms with Gasteiger partial charge < -0.3 is 15.3 Å². The molecule has 0 aliphatic rings. The van der Waals surface area contributed by atoms with Gasteiger partial charge in [-0.25, -0.2) is 17.9 Å². The smallest absolute Gasteiger partial charge is 0.337 e. The zero-order valence-electron chi connectivity index (χ0n) is 9.88. The number of carboxylic acids is 1. The number of halogens is 2. The highest BCUT2D eigenvalue weighted by molar-refractivity contribution is 7.89. The molecule has 1 unspecified atom stereocenters. The predicted octanol–water partition coefficient (Wildman–Crippen LogP) is 0.323. The molecular weight excluding hydrogens is 333 g/mol. The van der Waals surface area contributed by atoms with E-state index in [1.165, 1.54) is 0 Å². The number of aromatic carboxylic acids is 1. The maximum absolute atomic E-state index is 12.0. The lowest BCUT2D eigenvalue weighted by Gasteiger charge is -2.12. The van der Waals surface area contributed by atoms with Crippen molar-refractivity contribution in [2.45, 2.75) is 11.0 Å². The van der Waals surface area contributed by atoms with E-state index in [4.69, 9.17) is 38.5 Å². The second kappa shape index (κ2) is 6.70. The Morgan fingerprint density at radius 1 is 1.35 bits per heavy atom. The van der Waals surface area contributed by atoms with Crippen molar-refractivity contribution >= 4 is 39.2 Å². The van der Waals surface area contributed by atoms with Crippen LogP contribution >= 0.6 is 23.2 Å². The fourth-order valence-corrected chi connectivity index (χ4v) is 3.24. The maximum atomic E-state index is 12.0. The summed E-state index contributed by atoms with van der Waals surface area (Å²) >= 11 is 11.4. The number of carboxylic acid groups (broad SMARTS) is 1. The maximum Gasteiger partial charge on any atom is 0.337 e. The second-order valence-corrected chi connectivity index (χ2v) is 6.31. The molecule has 0 heterocycles. The van der Waals surface area contributed by atoms with Crippen molar-refractivity contribution in [3.63, 3.8) is 0 Å². The van der Waals surface area contributed by atoms with Crippen LogP contribution in [0.1, 0.15) is 10.4 Å². The van der Waals surface area contributed by atoms with Crippen molar-refractivity contribution in [1.82, 2.24) is 4.72 Å². The predicted molar refractivity (Wildman–Crippen MR) is 71.7 cm³/mol. The fraction of sp³-hybridized carbons (Fsp3) is 0.300. The molecule has 0 radical (unpaired) electrons. The SMILES string of the molecule is O=C(O)c1cc(Cl)cc(S(=O)(=O)NCC(O)CO)c1Cl. The minimum atomic E-state index is -4.18. The fourth-order valence-electron chi connectivity index (χ4n) is 1.26. The van der Waals surface area contributed by atoms with Crippen molar-refractivity contribution in [3.05, 3.63) is 27.7 Å². The van der Waals surface area contributed by atoms with Gasteiger partial charge in [-0.3, -0.25) is 0 Å². The summed E-state index contributed by atoms with van der Waals surface area (Å²) in [4.78, 5) is 10.4. The van der Waals surface area contributed by atoms with E-state index in [0.29, 0.717) is 0 Å². The molecule has 0 saturated heterocycles. The average Bonchev–Trinajstić information content (AvgIpc) is 2.37. The largest absolute Gasteiger partial charge is 0.478 e. The van der Waals surface area contributed by atoms with E-state index in [1.807, 2.05) is 4.72 Å². The highest BCUT2D eigenvalue weighted by Gasteiger charge is 2.24. The lowest BCUT2D eigenvalue weighted by Crippen LogP contribution is -2.34. The first-order valence-corrected chi connectivity index (χ1v) is 7.44. The summed E-state index contributed by atoms with van der Waals surface area (Å²) in [5.41, 5.74) is -0.456. The molecule has 1 atom stereocenters. The first-order chi connectivity index (χ1) is 9.19. The molecule has 20 heavy (non-hydrogen) atoms. The molecule has 0 bridgehead atoms. The van der Waals surface area contributed by atoms with Crippen molar-refractivity contribution in [2.24, 2.45) is 0 Å². The summed E-state index contributed by atoms with van der Waals surface area (Å²) < 4.78 is 25.9. The molecule has 1 rings (SSSR count). The van der Waals surface area contributed by atoms with E-state index in [-0.39, 0.29) is 5.02 Å². The molecule has 0 saturated carbocycles. The number of aliphatic hydroxyl groups is 2. The van der Waals surface area contributed by atoms with Crippen molar-refractivity contribution in [3.8, 4) is 0 Å². The minimum absolute atomic E-state index is 0.116. The zero-order chi connectivity index (χ0) is 15.5. The van der Waals surface area contributed by atoms with Gasteiger partial charge in [-0.2, -0.15) is 0 Å². The summed E-state index contributed by atoms with van der Waals surface area (Å²) in [7, 11) is -4.18. The van der Waals surface area contributed by atoms with Gasteiger partial charge in [-0.1, -0.05) is 23.2 Å². The standard InChI is InChI=1S/C10H11Cl2NO6S/c11-5-1-7(10(16)17)9(12)8(2-5)20(18,19)13-3-6(15)4-14/h1-2,6,13-15H,3-4H2,(H,16,17). The first kappa shape index (κ1) is 17.2. The van der Waals surface area contributed by atoms with E-state index in [2.05, 4.69) is 0 Å². The Kier molecular flexibility index (Phi) is 5.75. The Labute approximate surface area is 124 Å². The molecule has 0 spiro atoms. The Hall–Kier alpha value is -0.900. The van der Waals surface area contributed by atoms with E-state index < -0.39 is 50.7 Å². The molecule has 0 aromatic heterocycles. The number of rotatable bonds is 6. The van der Waals surface area contributed by atoms with Gasteiger partial charge in [0.2, 0.25) is 10.0 Å². The third-order valence-electron chi connectivity index (χ3n) is 2.24. The molecular formula is C10H11Cl2NO6S. The number of sulfonamides is 1. The number of carbonyl (C=O) groups is 1. The first-order valence-electron chi connectivity index (χ1n) is 5.20. The highest BCUT2D eigenvalue weighted by Crippen LogP contribution is 2.29. The zero-order valence-corrected chi connectivity index (χ0v) is 12.2. The van der Waals surface area contributed by atoms with Gasteiger partial charge in [0, 0.05) is 11.6 Å². The summed E-state index contributed by atoms with van der Waals surface area (Å²) in [6.07, 6.45) is -1.29. The summed E-state index contributed by atoms with van der Waals surface area (Å²) in [6.45, 7) is -1.09. The molecule has 7 nitrogen and oxygen atoms in total. The molecule has 1 aromatic carbocycles. The van der Waals surface area contributed by atoms with Crippen LogP contribution in [0.25, 0.3) is 0 Å². The van der Waals surface area contributed by atoms with Crippen LogP contribution in [0.5, 0.6) is 0 Å². The van der Waals surface area contributed by atoms with E-state index in [0.717, 1.165) is 12.1 Å². The van der Waals surface area contributed by atoms with Gasteiger partial charge in [-0.05, 0) is 12.1 Å². The topological polar surface area (TPSA) is 124 Å². The number of nitrogens with one attached hydrogen (secondary N) is 1. The van der Waals surface area contributed by atoms with Gasteiger partial charge in [-0.15, -0.1) is 0 Å². The lowest BCUT2D eigenvalue weighted by atomic mass is 10.2. The Morgan fingerprint density at radius 3 is 2.45 bits per heavy atom. The van der Waals surface area contributed by atoms with Crippen LogP contribution in [-0.4, -0.2) is 49.0 Å². The molecule has 0 amide bonds. The number of hydrogen-bond acceptors (Lipinski definition) is 5. The Balaban J connectivity index is 3.21. The molecule has 0 aliphatic carbocycles. The summed E-state index contributed by atoms with van der Waals surface area (Å²) in [5, 5.41) is 26.0. The normalized spacial score (nSPS) is 13.2. The van der Waals surface area contributed by atoms with Gasteiger partial charge in [0.15, 0.2) is 0 Å². The molecule has 10 heteroatoms. The van der Waals surface area contributed by atoms with Crippen molar-refractivity contribution in [2.75, 3.05) is 13.2 Å². The number of aliphatic hydroxyl groups excluding tert-OH is 2. The van der Waals surface area contributed by atoms with Crippen LogP contribution in [0.15, 0.2) is 17.0 Å². The van der Waals surface area contributed by atoms with Crippen molar-refractivity contribution in [1.29, 1.82) is 0 Å². The highest BCUT2D eigenvalue weighted by atomic mass is 35.5. The van der Waals surface area contributed by atoms with Gasteiger partial charge in [0.1, 0.15) is 4.90 Å². The number of hydrogen-bond donors (Lipinski definition) is 4. The van der Waals surface area contributed by atoms with Crippen LogP contribution in [0, 0.1) is 0 Å². The average molecular weight is 344 g/mol. The Morgan fingerprint density at radius 2 is 1.95 bits per heavy atom. The molecule has 112 valence electrons. The van der Waals surface area contributed by atoms with Gasteiger partial charge >= 0.3 is 5.97 Å². The third kappa shape index (κ3) is 4.05. The molecule has 0 aliphatic heterocycles. The monoisotopic (exact) mass is 343 g/mol. The Bertz CT molecular complexity index is 618. The molecule has 4 N–H and O–H groups in total. The summed E-state index contributed by atoms with van der Waals surface area (Å²) in [6, 6.07) is 2.01. The number of benzene rings is 1. The van der Waals surface area contributed by atoms with Crippen LogP contribution in [0.2, 0.25) is 10.0 Å². The van der Waals surface area contributed by atoms with Crippen LogP contribution in [-0.2, 0) is 10.0 Å². The lowest BCUT2D eigenvalue weighted by molar-refractivity contribution is 0.0697.